The first-order valence-corrected chi connectivity index (χ1v) is 21.4. The monoisotopic (exact) mass is 641 g/mol. The third-order valence-electron chi connectivity index (χ3n) is 14.4. The Morgan fingerprint density at radius 2 is 1.00 bits per heavy atom. The predicted molar refractivity (Wildman–Crippen MR) is 193 cm³/mol. The fraction of sp³-hybridized carbons (Fsp3) is 0.977. The largest absolute Gasteiger partial charge is 0.465 e. The zero-order chi connectivity index (χ0) is 32.0. The Labute approximate surface area is 285 Å². The molecule has 0 aromatic carbocycles. The molecule has 5 aliphatic rings. The van der Waals surface area contributed by atoms with Crippen molar-refractivity contribution >= 4 is 5.97 Å². The number of ether oxygens (including phenoxy) is 2. The highest BCUT2D eigenvalue weighted by Gasteiger charge is 2.38. The van der Waals surface area contributed by atoms with Gasteiger partial charge in [-0.2, -0.15) is 0 Å². The van der Waals surface area contributed by atoms with E-state index in [1.165, 1.54) is 173 Å². The summed E-state index contributed by atoms with van der Waals surface area (Å²) in [5, 5.41) is 0. The average molecular weight is 641 g/mol. The van der Waals surface area contributed by atoms with E-state index >= 15 is 0 Å². The first-order valence-electron chi connectivity index (χ1n) is 21.4. The lowest BCUT2D eigenvalue weighted by Gasteiger charge is -2.41. The van der Waals surface area contributed by atoms with Crippen LogP contribution in [-0.2, 0) is 14.3 Å². The summed E-state index contributed by atoms with van der Waals surface area (Å²) in [5.74, 6) is 5.99. The average Bonchev–Trinajstić information content (AvgIpc) is 3.11. The van der Waals surface area contributed by atoms with Crippen LogP contribution in [-0.4, -0.2) is 25.3 Å². The minimum absolute atomic E-state index is 0.0634. The summed E-state index contributed by atoms with van der Waals surface area (Å²) in [6.45, 7) is 6.06. The minimum atomic E-state index is 0.0634. The molecule has 0 aromatic heterocycles. The Bertz CT molecular complexity index is 815. The normalized spacial score (nSPS) is 35.4. The van der Waals surface area contributed by atoms with Crippen molar-refractivity contribution in [1.82, 2.24) is 0 Å². The van der Waals surface area contributed by atoms with Crippen molar-refractivity contribution in [3.8, 4) is 0 Å². The van der Waals surface area contributed by atoms with Crippen molar-refractivity contribution in [1.29, 1.82) is 0 Å². The molecular formula is C43H76O3. The smallest absolute Gasteiger partial charge is 0.308 e. The maximum absolute atomic E-state index is 13.3. The van der Waals surface area contributed by atoms with Crippen molar-refractivity contribution in [3.05, 3.63) is 0 Å². The molecule has 46 heavy (non-hydrogen) atoms. The Morgan fingerprint density at radius 3 is 1.48 bits per heavy atom. The van der Waals surface area contributed by atoms with Crippen LogP contribution < -0.4 is 0 Å². The van der Waals surface area contributed by atoms with Gasteiger partial charge in [0, 0.05) is 5.41 Å². The van der Waals surface area contributed by atoms with Gasteiger partial charge in [0.1, 0.15) is 0 Å². The Morgan fingerprint density at radius 1 is 0.543 bits per heavy atom. The highest BCUT2D eigenvalue weighted by Crippen LogP contribution is 2.45. The first-order chi connectivity index (χ1) is 22.6. The van der Waals surface area contributed by atoms with Gasteiger partial charge in [0.2, 0.25) is 0 Å². The van der Waals surface area contributed by atoms with Gasteiger partial charge < -0.3 is 9.47 Å². The van der Waals surface area contributed by atoms with Gasteiger partial charge in [0.05, 0.1) is 25.2 Å². The van der Waals surface area contributed by atoms with E-state index in [1.807, 2.05) is 0 Å². The molecule has 0 N–H and O–H groups in total. The van der Waals surface area contributed by atoms with Crippen molar-refractivity contribution < 1.29 is 14.3 Å². The quantitative estimate of drug-likeness (QED) is 0.124. The third kappa shape index (κ3) is 11.2. The van der Waals surface area contributed by atoms with Crippen molar-refractivity contribution in [2.45, 2.75) is 206 Å². The molecule has 0 amide bonds. The van der Waals surface area contributed by atoms with Crippen molar-refractivity contribution in [2.24, 2.45) is 46.8 Å². The van der Waals surface area contributed by atoms with Crippen LogP contribution in [0.3, 0.4) is 0 Å². The number of rotatable bonds is 16. The number of hydrogen-bond acceptors (Lipinski definition) is 3. The summed E-state index contributed by atoms with van der Waals surface area (Å²) >= 11 is 0. The second kappa shape index (κ2) is 19.6. The molecule has 0 aliphatic heterocycles. The van der Waals surface area contributed by atoms with Crippen LogP contribution in [0.2, 0.25) is 0 Å². The van der Waals surface area contributed by atoms with E-state index in [0.717, 1.165) is 55.0 Å². The molecule has 0 aromatic rings. The van der Waals surface area contributed by atoms with Gasteiger partial charge in [-0.05, 0) is 125 Å². The summed E-state index contributed by atoms with van der Waals surface area (Å²) in [6, 6.07) is 0. The molecule has 5 saturated carbocycles. The summed E-state index contributed by atoms with van der Waals surface area (Å²) in [4.78, 5) is 13.3. The van der Waals surface area contributed by atoms with Crippen molar-refractivity contribution in [3.63, 3.8) is 0 Å². The van der Waals surface area contributed by atoms with Gasteiger partial charge in [0.25, 0.3) is 0 Å². The molecule has 5 fully saturated rings. The van der Waals surface area contributed by atoms with E-state index in [2.05, 4.69) is 13.8 Å². The zero-order valence-electron chi connectivity index (χ0n) is 30.8. The maximum atomic E-state index is 13.3. The van der Waals surface area contributed by atoms with E-state index < -0.39 is 0 Å². The molecule has 5 rings (SSSR count). The van der Waals surface area contributed by atoms with Crippen LogP contribution in [0.25, 0.3) is 0 Å². The number of esters is 1. The fourth-order valence-corrected chi connectivity index (χ4v) is 11.1. The first kappa shape index (κ1) is 36.7. The lowest BCUT2D eigenvalue weighted by Crippen LogP contribution is -2.39. The Kier molecular flexibility index (Phi) is 15.6. The lowest BCUT2D eigenvalue weighted by atomic mass is 9.68. The van der Waals surface area contributed by atoms with Crippen LogP contribution in [0.4, 0.5) is 0 Å². The Balaban J connectivity index is 0.976. The van der Waals surface area contributed by atoms with Crippen LogP contribution in [0, 0.1) is 46.8 Å². The highest BCUT2D eigenvalue weighted by atomic mass is 16.5. The number of carbonyl (C=O) groups excluding carboxylic acids is 1. The molecule has 0 atom stereocenters. The van der Waals surface area contributed by atoms with Crippen LogP contribution >= 0.6 is 0 Å². The van der Waals surface area contributed by atoms with Crippen LogP contribution in [0.5, 0.6) is 0 Å². The summed E-state index contributed by atoms with van der Waals surface area (Å²) in [6.07, 6.45) is 39.7. The molecule has 5 aliphatic carbocycles. The molecule has 0 heterocycles. The van der Waals surface area contributed by atoms with Gasteiger partial charge in [-0.25, -0.2) is 0 Å². The SMILES string of the molecule is CCCCCC1CCC(C2CCC(OCC3(COC(=O)C4CCC(C5CCC(CCCCC)CC5)CC4)CCCCC3)CC2)CC1. The molecule has 0 unspecified atom stereocenters. The number of unbranched alkanes of at least 4 members (excludes halogenated alkanes) is 4. The molecule has 0 bridgehead atoms. The van der Waals surface area contributed by atoms with Crippen molar-refractivity contribution in [2.75, 3.05) is 13.2 Å². The summed E-state index contributed by atoms with van der Waals surface area (Å²) in [5.41, 5.74) is 0.0634. The van der Waals surface area contributed by atoms with E-state index in [9.17, 15) is 4.79 Å². The molecule has 0 spiro atoms. The van der Waals surface area contributed by atoms with E-state index in [-0.39, 0.29) is 17.3 Å². The molecule has 0 saturated heterocycles. The summed E-state index contributed by atoms with van der Waals surface area (Å²) in [7, 11) is 0. The number of carbonyl (C=O) groups is 1. The number of hydrogen-bond donors (Lipinski definition) is 0. The van der Waals surface area contributed by atoms with E-state index in [4.69, 9.17) is 9.47 Å². The van der Waals surface area contributed by atoms with Gasteiger partial charge in [0.15, 0.2) is 0 Å². The van der Waals surface area contributed by atoms with Crippen LogP contribution in [0.1, 0.15) is 200 Å². The maximum Gasteiger partial charge on any atom is 0.308 e. The topological polar surface area (TPSA) is 35.5 Å². The van der Waals surface area contributed by atoms with E-state index in [1.54, 1.807) is 0 Å². The third-order valence-corrected chi connectivity index (χ3v) is 14.4. The van der Waals surface area contributed by atoms with Crippen LogP contribution in [0.15, 0.2) is 0 Å². The Hall–Kier alpha value is -0.570. The zero-order valence-corrected chi connectivity index (χ0v) is 30.8. The molecular weight excluding hydrogens is 564 g/mol. The fourth-order valence-electron chi connectivity index (χ4n) is 11.1. The lowest BCUT2D eigenvalue weighted by molar-refractivity contribution is -0.158. The predicted octanol–water partition coefficient (Wildman–Crippen LogP) is 12.6. The molecule has 3 heteroatoms. The molecule has 266 valence electrons. The second-order valence-corrected chi connectivity index (χ2v) is 17.7. The molecule has 3 nitrogen and oxygen atoms in total. The van der Waals surface area contributed by atoms with Gasteiger partial charge in [-0.1, -0.05) is 110 Å². The highest BCUT2D eigenvalue weighted by molar-refractivity contribution is 5.72. The molecule has 0 radical (unpaired) electrons. The van der Waals surface area contributed by atoms with Gasteiger partial charge in [-0.3, -0.25) is 4.79 Å². The standard InChI is InChI=1S/C43H76O3/c1-3-5-8-12-34-14-18-36(19-15-34)38-22-24-40(25-23-38)42(44)46-33-43(30-10-7-11-31-43)32-45-41-28-26-39(27-29-41)37-20-16-35(17-21-37)13-9-6-4-2/h34-41H,3-33H2,1-2H3. The second-order valence-electron chi connectivity index (χ2n) is 17.7. The summed E-state index contributed by atoms with van der Waals surface area (Å²) < 4.78 is 13.0. The van der Waals surface area contributed by atoms with Gasteiger partial charge in [-0.15, -0.1) is 0 Å². The van der Waals surface area contributed by atoms with E-state index in [0.29, 0.717) is 12.7 Å². The van der Waals surface area contributed by atoms with Gasteiger partial charge >= 0.3 is 5.97 Å². The minimum Gasteiger partial charge on any atom is -0.465 e.